The Labute approximate surface area is 95.8 Å². The maximum absolute atomic E-state index is 12.0. The number of rotatable bonds is 3. The molecule has 1 heterocycles. The van der Waals surface area contributed by atoms with Crippen LogP contribution in [-0.2, 0) is 4.79 Å². The number of hydrogen-bond donors (Lipinski definition) is 3. The molecule has 0 spiro atoms. The molecule has 5 heteroatoms. The van der Waals surface area contributed by atoms with E-state index < -0.39 is 11.0 Å². The summed E-state index contributed by atoms with van der Waals surface area (Å²) >= 11 is 0. The number of aryl methyl sites for hydroxylation is 1. The number of anilines is 1. The lowest BCUT2D eigenvalue weighted by Crippen LogP contribution is -2.53. The van der Waals surface area contributed by atoms with Crippen molar-refractivity contribution in [3.8, 4) is 0 Å². The average Bonchev–Trinajstić information content (AvgIpc) is 2.49. The average molecular weight is 224 g/mol. The SMILES string of the molecule is Cc1cc(NC(=O)C(C)(C)C(C)(C)N)n[nH]1. The Morgan fingerprint density at radius 3 is 2.38 bits per heavy atom. The minimum Gasteiger partial charge on any atom is -0.325 e. The van der Waals surface area contributed by atoms with Gasteiger partial charge in [-0.1, -0.05) is 0 Å². The Morgan fingerprint density at radius 1 is 1.44 bits per heavy atom. The molecule has 0 atom stereocenters. The summed E-state index contributed by atoms with van der Waals surface area (Å²) in [5.74, 6) is 0.395. The summed E-state index contributed by atoms with van der Waals surface area (Å²) in [6, 6.07) is 1.78. The molecule has 0 radical (unpaired) electrons. The van der Waals surface area contributed by atoms with Crippen molar-refractivity contribution in [3.63, 3.8) is 0 Å². The van der Waals surface area contributed by atoms with E-state index in [-0.39, 0.29) is 5.91 Å². The van der Waals surface area contributed by atoms with Gasteiger partial charge in [-0.15, -0.1) is 0 Å². The van der Waals surface area contributed by atoms with Gasteiger partial charge in [0.25, 0.3) is 0 Å². The molecule has 0 bridgehead atoms. The van der Waals surface area contributed by atoms with E-state index in [9.17, 15) is 4.79 Å². The third kappa shape index (κ3) is 2.41. The van der Waals surface area contributed by atoms with Gasteiger partial charge in [-0.05, 0) is 34.6 Å². The van der Waals surface area contributed by atoms with Crippen LogP contribution in [0.15, 0.2) is 6.07 Å². The topological polar surface area (TPSA) is 83.8 Å². The number of H-pyrrole nitrogens is 1. The Kier molecular flexibility index (Phi) is 3.10. The number of nitrogens with zero attached hydrogens (tertiary/aromatic N) is 1. The monoisotopic (exact) mass is 224 g/mol. The van der Waals surface area contributed by atoms with Gasteiger partial charge in [0, 0.05) is 17.3 Å². The maximum Gasteiger partial charge on any atom is 0.233 e. The molecular formula is C11H20N4O. The number of nitrogens with one attached hydrogen (secondary N) is 2. The minimum absolute atomic E-state index is 0.133. The van der Waals surface area contributed by atoms with Crippen LogP contribution < -0.4 is 11.1 Å². The van der Waals surface area contributed by atoms with Crippen molar-refractivity contribution in [3.05, 3.63) is 11.8 Å². The second-order valence-corrected chi connectivity index (χ2v) is 5.24. The van der Waals surface area contributed by atoms with Crippen LogP contribution >= 0.6 is 0 Å². The molecule has 0 unspecified atom stereocenters. The summed E-state index contributed by atoms with van der Waals surface area (Å²) in [5.41, 5.74) is 5.63. The van der Waals surface area contributed by atoms with Gasteiger partial charge in [0.2, 0.25) is 5.91 Å². The molecule has 1 aromatic rings. The largest absolute Gasteiger partial charge is 0.325 e. The van der Waals surface area contributed by atoms with Gasteiger partial charge >= 0.3 is 0 Å². The van der Waals surface area contributed by atoms with E-state index >= 15 is 0 Å². The van der Waals surface area contributed by atoms with Crippen molar-refractivity contribution >= 4 is 11.7 Å². The molecule has 5 nitrogen and oxygen atoms in total. The summed E-state index contributed by atoms with van der Waals surface area (Å²) in [6.07, 6.45) is 0. The lowest BCUT2D eigenvalue weighted by Gasteiger charge is -2.36. The smallest absolute Gasteiger partial charge is 0.233 e. The van der Waals surface area contributed by atoms with Crippen molar-refractivity contribution in [2.45, 2.75) is 40.2 Å². The van der Waals surface area contributed by atoms with Crippen LogP contribution in [0.25, 0.3) is 0 Å². The molecular weight excluding hydrogens is 204 g/mol. The molecule has 0 fully saturated rings. The van der Waals surface area contributed by atoms with Crippen molar-refractivity contribution in [1.29, 1.82) is 0 Å². The van der Waals surface area contributed by atoms with E-state index in [4.69, 9.17) is 5.73 Å². The lowest BCUT2D eigenvalue weighted by atomic mass is 9.74. The Balaban J connectivity index is 2.80. The van der Waals surface area contributed by atoms with Crippen LogP contribution in [0.1, 0.15) is 33.4 Å². The third-order valence-corrected chi connectivity index (χ3v) is 3.13. The van der Waals surface area contributed by atoms with Crippen molar-refractivity contribution < 1.29 is 4.79 Å². The predicted octanol–water partition coefficient (Wildman–Crippen LogP) is 1.42. The predicted molar refractivity (Wildman–Crippen MR) is 64.0 cm³/mol. The number of hydrogen-bond acceptors (Lipinski definition) is 3. The first-order valence-corrected chi connectivity index (χ1v) is 5.27. The van der Waals surface area contributed by atoms with E-state index in [2.05, 4.69) is 15.5 Å². The van der Waals surface area contributed by atoms with Gasteiger partial charge in [0.1, 0.15) is 0 Å². The second-order valence-electron chi connectivity index (χ2n) is 5.24. The van der Waals surface area contributed by atoms with Gasteiger partial charge in [0.05, 0.1) is 5.41 Å². The summed E-state index contributed by atoms with van der Waals surface area (Å²) in [5, 5.41) is 9.47. The van der Waals surface area contributed by atoms with E-state index in [1.807, 2.05) is 34.6 Å². The molecule has 4 N–H and O–H groups in total. The van der Waals surface area contributed by atoms with Crippen LogP contribution in [0.3, 0.4) is 0 Å². The molecule has 0 saturated carbocycles. The molecule has 90 valence electrons. The van der Waals surface area contributed by atoms with Gasteiger partial charge < -0.3 is 11.1 Å². The molecule has 16 heavy (non-hydrogen) atoms. The van der Waals surface area contributed by atoms with Gasteiger partial charge in [0.15, 0.2) is 5.82 Å². The number of aromatic amines is 1. The normalized spacial score (nSPS) is 12.6. The molecule has 1 rings (SSSR count). The van der Waals surface area contributed by atoms with E-state index in [1.54, 1.807) is 6.07 Å². The van der Waals surface area contributed by atoms with Gasteiger partial charge in [-0.25, -0.2) is 0 Å². The number of aromatic nitrogens is 2. The lowest BCUT2D eigenvalue weighted by molar-refractivity contribution is -0.126. The zero-order valence-electron chi connectivity index (χ0n) is 10.5. The fourth-order valence-electron chi connectivity index (χ4n) is 1.05. The Morgan fingerprint density at radius 2 is 2.00 bits per heavy atom. The Bertz CT molecular complexity index is 387. The summed E-state index contributed by atoms with van der Waals surface area (Å²) in [7, 11) is 0. The Hall–Kier alpha value is -1.36. The van der Waals surface area contributed by atoms with E-state index in [1.165, 1.54) is 0 Å². The fourth-order valence-corrected chi connectivity index (χ4v) is 1.05. The summed E-state index contributed by atoms with van der Waals surface area (Å²) in [6.45, 7) is 9.19. The fraction of sp³-hybridized carbons (Fsp3) is 0.636. The molecule has 0 aliphatic heterocycles. The molecule has 0 aliphatic rings. The van der Waals surface area contributed by atoms with Gasteiger partial charge in [-0.2, -0.15) is 5.10 Å². The maximum atomic E-state index is 12.0. The molecule has 0 aromatic carbocycles. The zero-order valence-corrected chi connectivity index (χ0v) is 10.5. The summed E-state index contributed by atoms with van der Waals surface area (Å²) in [4.78, 5) is 12.0. The number of carbonyl (C=O) groups is 1. The number of nitrogens with two attached hydrogens (primary N) is 1. The molecule has 1 amide bonds. The highest BCUT2D eigenvalue weighted by atomic mass is 16.2. The highest BCUT2D eigenvalue weighted by Gasteiger charge is 2.40. The molecule has 0 saturated heterocycles. The zero-order chi connectivity index (χ0) is 12.6. The number of amides is 1. The number of carbonyl (C=O) groups excluding carboxylic acids is 1. The van der Waals surface area contributed by atoms with Gasteiger partial charge in [-0.3, -0.25) is 9.89 Å². The first kappa shape index (κ1) is 12.7. The van der Waals surface area contributed by atoms with E-state index in [0.717, 1.165) is 5.69 Å². The molecule has 0 aliphatic carbocycles. The highest BCUT2D eigenvalue weighted by molar-refractivity contribution is 5.95. The highest BCUT2D eigenvalue weighted by Crippen LogP contribution is 2.29. The third-order valence-electron chi connectivity index (χ3n) is 3.13. The first-order chi connectivity index (χ1) is 7.14. The van der Waals surface area contributed by atoms with Crippen LogP contribution in [0, 0.1) is 12.3 Å². The van der Waals surface area contributed by atoms with Crippen molar-refractivity contribution in [2.75, 3.05) is 5.32 Å². The minimum atomic E-state index is -0.667. The van der Waals surface area contributed by atoms with Crippen LogP contribution in [0.4, 0.5) is 5.82 Å². The van der Waals surface area contributed by atoms with Crippen molar-refractivity contribution in [2.24, 2.45) is 11.1 Å². The summed E-state index contributed by atoms with van der Waals surface area (Å²) < 4.78 is 0. The first-order valence-electron chi connectivity index (χ1n) is 5.27. The van der Waals surface area contributed by atoms with Crippen LogP contribution in [0.5, 0.6) is 0 Å². The van der Waals surface area contributed by atoms with Crippen LogP contribution in [0.2, 0.25) is 0 Å². The second kappa shape index (κ2) is 3.90. The standard InChI is InChI=1S/C11H20N4O/c1-7-6-8(15-14-7)13-9(16)10(2,3)11(4,5)12/h6H,12H2,1-5H3,(H2,13,14,15,16). The van der Waals surface area contributed by atoms with Crippen molar-refractivity contribution in [1.82, 2.24) is 10.2 Å². The quantitative estimate of drug-likeness (QED) is 0.726. The van der Waals surface area contributed by atoms with Crippen LogP contribution in [-0.4, -0.2) is 21.6 Å². The van der Waals surface area contributed by atoms with E-state index in [0.29, 0.717) is 5.82 Å². The molecule has 1 aromatic heterocycles.